The van der Waals surface area contributed by atoms with E-state index in [1.54, 1.807) is 14.2 Å². The molecule has 2 aromatic carbocycles. The summed E-state index contributed by atoms with van der Waals surface area (Å²) in [4.78, 5) is 13.4. The summed E-state index contributed by atoms with van der Waals surface area (Å²) in [7, 11) is 3.25. The number of carbonyl (C=O) groups is 1. The molecule has 1 N–H and O–H groups in total. The van der Waals surface area contributed by atoms with Crippen LogP contribution in [0.5, 0.6) is 23.0 Å². The van der Waals surface area contributed by atoms with Gasteiger partial charge in [0.1, 0.15) is 0 Å². The molecule has 0 spiro atoms. The molecule has 5 rings (SSSR count). The maximum atomic E-state index is 13.4. The molecule has 2 aromatic rings. The number of carbonyl (C=O) groups excluding carboxylic acids is 1. The molecule has 0 fully saturated rings. The third-order valence-corrected chi connectivity index (χ3v) is 6.09. The molecule has 0 saturated carbocycles. The summed E-state index contributed by atoms with van der Waals surface area (Å²) in [5.74, 6) is 2.56. The molecule has 0 amide bonds. The topological polar surface area (TPSA) is 66.0 Å². The molecule has 0 saturated heterocycles. The lowest BCUT2D eigenvalue weighted by molar-refractivity contribution is -0.118. The number of methoxy groups -OCH3 is 2. The molecule has 1 aliphatic carbocycles. The van der Waals surface area contributed by atoms with E-state index in [1.807, 2.05) is 30.3 Å². The highest BCUT2D eigenvalue weighted by molar-refractivity contribution is 6.02. The summed E-state index contributed by atoms with van der Waals surface area (Å²) >= 11 is 0. The molecule has 2 aliphatic heterocycles. The van der Waals surface area contributed by atoms with Gasteiger partial charge in [-0.3, -0.25) is 4.79 Å². The summed E-state index contributed by atoms with van der Waals surface area (Å²) in [5.41, 5.74) is 4.47. The van der Waals surface area contributed by atoms with Crippen LogP contribution in [-0.4, -0.2) is 26.8 Å². The summed E-state index contributed by atoms with van der Waals surface area (Å²) < 4.78 is 22.5. The zero-order chi connectivity index (χ0) is 21.0. The molecule has 0 bridgehead atoms. The third kappa shape index (κ3) is 2.82. The SMILES string of the molecule is COc1cccc([C@H]2C3=C(CC(C)(C)CC3=O)Nc3cc4c(cc32)OCO4)c1OC. The minimum Gasteiger partial charge on any atom is -0.493 e. The third-order valence-electron chi connectivity index (χ3n) is 6.09. The van der Waals surface area contributed by atoms with Crippen LogP contribution in [0.2, 0.25) is 0 Å². The lowest BCUT2D eigenvalue weighted by Gasteiger charge is -2.39. The Balaban J connectivity index is 1.77. The Labute approximate surface area is 175 Å². The lowest BCUT2D eigenvalue weighted by Crippen LogP contribution is -2.33. The van der Waals surface area contributed by atoms with Gasteiger partial charge in [-0.2, -0.15) is 0 Å². The van der Waals surface area contributed by atoms with E-state index in [1.165, 1.54) is 0 Å². The molecular formula is C24H25NO5. The molecular weight excluding hydrogens is 382 g/mol. The number of ketones is 1. The van der Waals surface area contributed by atoms with Crippen LogP contribution >= 0.6 is 0 Å². The van der Waals surface area contributed by atoms with Crippen molar-refractivity contribution in [2.24, 2.45) is 5.41 Å². The van der Waals surface area contributed by atoms with Crippen molar-refractivity contribution in [3.05, 3.63) is 52.7 Å². The van der Waals surface area contributed by atoms with Crippen molar-refractivity contribution in [2.45, 2.75) is 32.6 Å². The molecule has 3 aliphatic rings. The van der Waals surface area contributed by atoms with Gasteiger partial charge in [0.05, 0.1) is 14.2 Å². The van der Waals surface area contributed by atoms with E-state index in [4.69, 9.17) is 18.9 Å². The fourth-order valence-electron chi connectivity index (χ4n) is 4.87. The first-order chi connectivity index (χ1) is 14.4. The first-order valence-corrected chi connectivity index (χ1v) is 10.1. The monoisotopic (exact) mass is 407 g/mol. The van der Waals surface area contributed by atoms with E-state index < -0.39 is 0 Å². The van der Waals surface area contributed by atoms with Crippen LogP contribution < -0.4 is 24.3 Å². The van der Waals surface area contributed by atoms with Gasteiger partial charge in [-0.15, -0.1) is 0 Å². The van der Waals surface area contributed by atoms with Gasteiger partial charge in [-0.05, 0) is 29.5 Å². The predicted octanol–water partition coefficient (Wildman–Crippen LogP) is 4.63. The smallest absolute Gasteiger partial charge is 0.231 e. The Morgan fingerprint density at radius 3 is 2.53 bits per heavy atom. The zero-order valence-corrected chi connectivity index (χ0v) is 17.6. The number of hydrogen-bond acceptors (Lipinski definition) is 6. The zero-order valence-electron chi connectivity index (χ0n) is 17.6. The Kier molecular flexibility index (Phi) is 4.20. The van der Waals surface area contributed by atoms with Crippen LogP contribution in [0.1, 0.15) is 43.7 Å². The van der Waals surface area contributed by atoms with E-state index in [0.717, 1.165) is 34.5 Å². The Hall–Kier alpha value is -3.15. The predicted molar refractivity (Wildman–Crippen MR) is 113 cm³/mol. The Morgan fingerprint density at radius 1 is 1.03 bits per heavy atom. The number of para-hydroxylation sites is 1. The molecule has 1 atom stereocenters. The number of allylic oxidation sites excluding steroid dienone is 2. The van der Waals surface area contributed by atoms with Crippen molar-refractivity contribution in [1.82, 2.24) is 0 Å². The van der Waals surface area contributed by atoms with Crippen LogP contribution in [0.25, 0.3) is 0 Å². The highest BCUT2D eigenvalue weighted by atomic mass is 16.7. The number of rotatable bonds is 3. The highest BCUT2D eigenvalue weighted by Crippen LogP contribution is 2.54. The normalized spacial score (nSPS) is 20.9. The number of fused-ring (bicyclic) bond motifs is 2. The molecule has 0 aromatic heterocycles. The fourth-order valence-corrected chi connectivity index (χ4v) is 4.87. The number of hydrogen-bond donors (Lipinski definition) is 1. The van der Waals surface area contributed by atoms with Gasteiger partial charge < -0.3 is 24.3 Å². The van der Waals surface area contributed by atoms with Crippen molar-refractivity contribution >= 4 is 11.5 Å². The van der Waals surface area contributed by atoms with E-state index in [0.29, 0.717) is 29.4 Å². The number of nitrogens with one attached hydrogen (secondary N) is 1. The van der Waals surface area contributed by atoms with Crippen LogP contribution in [-0.2, 0) is 4.79 Å². The van der Waals surface area contributed by atoms with E-state index >= 15 is 0 Å². The number of benzene rings is 2. The second kappa shape index (κ2) is 6.69. The Morgan fingerprint density at radius 2 is 1.80 bits per heavy atom. The summed E-state index contributed by atoms with van der Waals surface area (Å²) in [6.45, 7) is 4.46. The van der Waals surface area contributed by atoms with Crippen molar-refractivity contribution < 1.29 is 23.7 Å². The highest BCUT2D eigenvalue weighted by Gasteiger charge is 2.42. The van der Waals surface area contributed by atoms with Crippen molar-refractivity contribution in [1.29, 1.82) is 0 Å². The van der Waals surface area contributed by atoms with E-state index in [-0.39, 0.29) is 23.9 Å². The van der Waals surface area contributed by atoms with Gasteiger partial charge in [-0.25, -0.2) is 0 Å². The number of Topliss-reactive ketones (excluding diaryl/α,β-unsaturated/α-hetero) is 1. The fraction of sp³-hybridized carbons (Fsp3) is 0.375. The number of ether oxygens (including phenoxy) is 4. The van der Waals surface area contributed by atoms with Gasteiger partial charge in [0.2, 0.25) is 6.79 Å². The molecule has 30 heavy (non-hydrogen) atoms. The first-order valence-electron chi connectivity index (χ1n) is 10.1. The Bertz CT molecular complexity index is 1090. The maximum Gasteiger partial charge on any atom is 0.231 e. The van der Waals surface area contributed by atoms with Gasteiger partial charge in [0.15, 0.2) is 28.8 Å². The van der Waals surface area contributed by atoms with E-state index in [9.17, 15) is 4.79 Å². The first kappa shape index (κ1) is 18.9. The van der Waals surface area contributed by atoms with Gasteiger partial charge >= 0.3 is 0 Å². The second-order valence-electron chi connectivity index (χ2n) is 8.77. The van der Waals surface area contributed by atoms with Crippen LogP contribution in [0.3, 0.4) is 0 Å². The standard InChI is InChI=1S/C24H25NO5/c1-24(2)10-16-22(17(26)11-24)21(13-6-5-7-18(27-3)23(13)28-4)14-8-19-20(30-12-29-19)9-15(14)25-16/h5-9,21,25H,10-12H2,1-4H3/t21-/m1/s1. The summed E-state index contributed by atoms with van der Waals surface area (Å²) in [5, 5.41) is 3.53. The van der Waals surface area contributed by atoms with Crippen molar-refractivity contribution in [2.75, 3.05) is 26.3 Å². The molecule has 0 unspecified atom stereocenters. The van der Waals surface area contributed by atoms with Crippen molar-refractivity contribution in [3.63, 3.8) is 0 Å². The average molecular weight is 407 g/mol. The molecule has 6 heteroatoms. The van der Waals surface area contributed by atoms with Crippen LogP contribution in [0.4, 0.5) is 5.69 Å². The lowest BCUT2D eigenvalue weighted by atomic mass is 9.68. The quantitative estimate of drug-likeness (QED) is 0.800. The minimum atomic E-state index is -0.278. The molecule has 6 nitrogen and oxygen atoms in total. The maximum absolute atomic E-state index is 13.4. The van der Waals surface area contributed by atoms with Crippen molar-refractivity contribution in [3.8, 4) is 23.0 Å². The van der Waals surface area contributed by atoms with Gasteiger partial charge in [-0.1, -0.05) is 26.0 Å². The number of anilines is 1. The average Bonchev–Trinajstić information content (AvgIpc) is 3.16. The van der Waals surface area contributed by atoms with Crippen LogP contribution in [0.15, 0.2) is 41.6 Å². The largest absolute Gasteiger partial charge is 0.493 e. The van der Waals surface area contributed by atoms with Gasteiger partial charge in [0, 0.05) is 40.9 Å². The molecule has 0 radical (unpaired) electrons. The summed E-state index contributed by atoms with van der Waals surface area (Å²) in [6.07, 6.45) is 1.31. The molecule has 2 heterocycles. The second-order valence-corrected chi connectivity index (χ2v) is 8.77. The molecule has 156 valence electrons. The summed E-state index contributed by atoms with van der Waals surface area (Å²) in [6, 6.07) is 9.75. The van der Waals surface area contributed by atoms with E-state index in [2.05, 4.69) is 19.2 Å². The van der Waals surface area contributed by atoms with Gasteiger partial charge in [0.25, 0.3) is 0 Å². The van der Waals surface area contributed by atoms with Crippen LogP contribution in [0, 0.1) is 5.41 Å². The minimum absolute atomic E-state index is 0.0974.